The summed E-state index contributed by atoms with van der Waals surface area (Å²) in [6, 6.07) is 1.84. The van der Waals surface area contributed by atoms with Gasteiger partial charge in [-0.25, -0.2) is 18.1 Å². The summed E-state index contributed by atoms with van der Waals surface area (Å²) in [7, 11) is -1.44. The van der Waals surface area contributed by atoms with Crippen molar-refractivity contribution in [3.05, 3.63) is 11.8 Å². The molecule has 2 N–H and O–H groups in total. The highest BCUT2D eigenvalue weighted by Crippen LogP contribution is 2.28. The molecule has 0 saturated carbocycles. The number of nitrogens with one attached hydrogen (secondary N) is 2. The molecule has 1 aliphatic rings. The zero-order chi connectivity index (χ0) is 16.5. The lowest BCUT2D eigenvalue weighted by Gasteiger charge is -2.21. The van der Waals surface area contributed by atoms with Crippen LogP contribution in [0, 0.1) is 18.8 Å². The average molecular weight is 327 g/mol. The molecular formula is C14H25N5O2S. The van der Waals surface area contributed by atoms with Crippen LogP contribution in [0.1, 0.15) is 19.5 Å². The quantitative estimate of drug-likeness (QED) is 0.833. The second-order valence-corrected chi connectivity index (χ2v) is 8.03. The Labute approximate surface area is 132 Å². The van der Waals surface area contributed by atoms with E-state index in [0.29, 0.717) is 18.4 Å². The van der Waals surface area contributed by atoms with E-state index >= 15 is 0 Å². The lowest BCUT2D eigenvalue weighted by Crippen LogP contribution is -2.41. The molecule has 0 unspecified atom stereocenters. The zero-order valence-corrected chi connectivity index (χ0v) is 14.6. The molecule has 0 aliphatic carbocycles. The normalized spacial score (nSPS) is 22.4. The molecule has 0 bridgehead atoms. The molecule has 1 saturated heterocycles. The number of anilines is 2. The summed E-state index contributed by atoms with van der Waals surface area (Å²) in [5.74, 6) is 2.05. The third kappa shape index (κ3) is 4.07. The van der Waals surface area contributed by atoms with E-state index in [1.165, 1.54) is 6.26 Å². The zero-order valence-electron chi connectivity index (χ0n) is 13.8. The molecule has 22 heavy (non-hydrogen) atoms. The monoisotopic (exact) mass is 327 g/mol. The molecule has 0 amide bonds. The molecular weight excluding hydrogens is 302 g/mol. The molecule has 2 rings (SSSR count). The van der Waals surface area contributed by atoms with Crippen LogP contribution in [0.15, 0.2) is 6.07 Å². The number of nitrogens with zero attached hydrogens (tertiary/aromatic N) is 3. The summed E-state index contributed by atoms with van der Waals surface area (Å²) in [5.41, 5.74) is 0.884. The summed E-state index contributed by atoms with van der Waals surface area (Å²) < 4.78 is 25.9. The van der Waals surface area contributed by atoms with Gasteiger partial charge in [0.2, 0.25) is 16.0 Å². The van der Waals surface area contributed by atoms with Crippen LogP contribution >= 0.6 is 0 Å². The van der Waals surface area contributed by atoms with Crippen molar-refractivity contribution in [1.82, 2.24) is 14.7 Å². The predicted octanol–water partition coefficient (Wildman–Crippen LogP) is 0.837. The van der Waals surface area contributed by atoms with Crippen molar-refractivity contribution >= 4 is 21.8 Å². The van der Waals surface area contributed by atoms with Gasteiger partial charge in [-0.05, 0) is 18.8 Å². The van der Waals surface area contributed by atoms with Crippen molar-refractivity contribution in [3.63, 3.8) is 0 Å². The van der Waals surface area contributed by atoms with E-state index in [2.05, 4.69) is 38.8 Å². The van der Waals surface area contributed by atoms with Gasteiger partial charge in [-0.1, -0.05) is 13.8 Å². The van der Waals surface area contributed by atoms with Gasteiger partial charge in [0.1, 0.15) is 5.82 Å². The molecule has 7 nitrogen and oxygen atoms in total. The molecule has 8 heteroatoms. The van der Waals surface area contributed by atoms with Crippen LogP contribution in [0.4, 0.5) is 11.8 Å². The maximum atomic E-state index is 11.6. The maximum Gasteiger partial charge on any atom is 0.224 e. The summed E-state index contributed by atoms with van der Waals surface area (Å²) in [6.07, 6.45) is 1.21. The van der Waals surface area contributed by atoms with Crippen LogP contribution in [0.2, 0.25) is 0 Å². The second kappa shape index (κ2) is 6.37. The molecule has 1 aliphatic heterocycles. The first-order valence-corrected chi connectivity index (χ1v) is 9.34. The second-order valence-electron chi connectivity index (χ2n) is 6.25. The smallest absolute Gasteiger partial charge is 0.224 e. The minimum absolute atomic E-state index is 0.0942. The van der Waals surface area contributed by atoms with E-state index in [0.717, 1.165) is 18.1 Å². The van der Waals surface area contributed by atoms with Crippen molar-refractivity contribution in [2.45, 2.75) is 26.8 Å². The molecule has 2 heterocycles. The fourth-order valence-corrected chi connectivity index (χ4v) is 3.72. The van der Waals surface area contributed by atoms with Gasteiger partial charge in [-0.2, -0.15) is 4.98 Å². The SMILES string of the molecule is CNc1nc(C)cc(N2C[C@@H](NS(C)(=O)=O)[C@H](C(C)C)C2)n1. The van der Waals surface area contributed by atoms with Crippen LogP contribution in [0.25, 0.3) is 0 Å². The van der Waals surface area contributed by atoms with Crippen LogP contribution in [0.5, 0.6) is 0 Å². The number of rotatable bonds is 5. The van der Waals surface area contributed by atoms with Gasteiger partial charge in [0, 0.05) is 37.9 Å². The lowest BCUT2D eigenvalue weighted by atomic mass is 9.92. The maximum absolute atomic E-state index is 11.6. The van der Waals surface area contributed by atoms with Gasteiger partial charge < -0.3 is 10.2 Å². The summed E-state index contributed by atoms with van der Waals surface area (Å²) in [6.45, 7) is 7.57. The molecule has 1 aromatic rings. The lowest BCUT2D eigenvalue weighted by molar-refractivity contribution is 0.365. The first-order chi connectivity index (χ1) is 10.2. The van der Waals surface area contributed by atoms with Crippen LogP contribution in [-0.4, -0.2) is 50.8 Å². The van der Waals surface area contributed by atoms with Crippen molar-refractivity contribution in [2.75, 3.05) is 36.6 Å². The van der Waals surface area contributed by atoms with Crippen molar-refractivity contribution in [1.29, 1.82) is 0 Å². The molecule has 0 radical (unpaired) electrons. The Balaban J connectivity index is 2.25. The molecule has 0 spiro atoms. The van der Waals surface area contributed by atoms with Gasteiger partial charge in [0.05, 0.1) is 6.26 Å². The fraction of sp³-hybridized carbons (Fsp3) is 0.714. The van der Waals surface area contributed by atoms with E-state index in [-0.39, 0.29) is 12.0 Å². The van der Waals surface area contributed by atoms with E-state index in [1.54, 1.807) is 7.05 Å². The summed E-state index contributed by atoms with van der Waals surface area (Å²) in [5, 5.41) is 2.95. The largest absolute Gasteiger partial charge is 0.357 e. The standard InChI is InChI=1S/C14H25N5O2S/c1-9(2)11-7-19(8-12(11)18-22(5,20)21)13-6-10(3)16-14(15-4)17-13/h6,9,11-12,18H,7-8H2,1-5H3,(H,15,16,17)/t11-,12+/m0/s1. The van der Waals surface area contributed by atoms with Crippen LogP contribution in [0.3, 0.4) is 0 Å². The van der Waals surface area contributed by atoms with Gasteiger partial charge in [0.15, 0.2) is 0 Å². The molecule has 124 valence electrons. The topological polar surface area (TPSA) is 87.2 Å². The highest BCUT2D eigenvalue weighted by atomic mass is 32.2. The Hall–Kier alpha value is -1.41. The van der Waals surface area contributed by atoms with E-state index in [4.69, 9.17) is 0 Å². The Morgan fingerprint density at radius 2 is 2.00 bits per heavy atom. The Morgan fingerprint density at radius 3 is 2.55 bits per heavy atom. The molecule has 0 aromatic carbocycles. The van der Waals surface area contributed by atoms with Crippen molar-refractivity contribution in [2.24, 2.45) is 11.8 Å². The van der Waals surface area contributed by atoms with E-state index in [9.17, 15) is 8.42 Å². The Bertz CT molecular complexity index is 632. The highest BCUT2D eigenvalue weighted by molar-refractivity contribution is 7.88. The van der Waals surface area contributed by atoms with E-state index < -0.39 is 10.0 Å². The van der Waals surface area contributed by atoms with Crippen molar-refractivity contribution in [3.8, 4) is 0 Å². The molecule has 2 atom stereocenters. The van der Waals surface area contributed by atoms with Crippen LogP contribution < -0.4 is 14.9 Å². The minimum Gasteiger partial charge on any atom is -0.357 e. The summed E-state index contributed by atoms with van der Waals surface area (Å²) in [4.78, 5) is 10.9. The highest BCUT2D eigenvalue weighted by Gasteiger charge is 2.36. The predicted molar refractivity (Wildman–Crippen MR) is 88.6 cm³/mol. The number of hydrogen-bond acceptors (Lipinski definition) is 6. The number of aromatic nitrogens is 2. The van der Waals surface area contributed by atoms with Crippen LogP contribution in [-0.2, 0) is 10.0 Å². The Morgan fingerprint density at radius 1 is 1.32 bits per heavy atom. The number of hydrogen-bond donors (Lipinski definition) is 2. The third-order valence-corrected chi connectivity index (χ3v) is 4.71. The fourth-order valence-electron chi connectivity index (χ4n) is 2.92. The molecule has 1 fully saturated rings. The van der Waals surface area contributed by atoms with Gasteiger partial charge >= 0.3 is 0 Å². The molecule has 1 aromatic heterocycles. The summed E-state index contributed by atoms with van der Waals surface area (Å²) >= 11 is 0. The van der Waals surface area contributed by atoms with E-state index in [1.807, 2.05) is 13.0 Å². The van der Waals surface area contributed by atoms with Gasteiger partial charge in [-0.3, -0.25) is 0 Å². The average Bonchev–Trinajstić information content (AvgIpc) is 2.79. The first-order valence-electron chi connectivity index (χ1n) is 7.45. The van der Waals surface area contributed by atoms with Gasteiger partial charge in [-0.15, -0.1) is 0 Å². The third-order valence-electron chi connectivity index (χ3n) is 3.98. The minimum atomic E-state index is -3.22. The Kier molecular flexibility index (Phi) is 4.91. The number of aryl methyl sites for hydroxylation is 1. The van der Waals surface area contributed by atoms with Gasteiger partial charge in [0.25, 0.3) is 0 Å². The van der Waals surface area contributed by atoms with Crippen molar-refractivity contribution < 1.29 is 8.42 Å². The number of sulfonamides is 1. The first kappa shape index (κ1) is 17.0.